The molecule has 0 rings (SSSR count). The lowest BCUT2D eigenvalue weighted by Crippen LogP contribution is -2.28. The first-order chi connectivity index (χ1) is 6.33. The summed E-state index contributed by atoms with van der Waals surface area (Å²) in [6.45, 7) is 10.0. The van der Waals surface area contributed by atoms with Gasteiger partial charge in [-0.25, -0.2) is 8.37 Å². The lowest BCUT2D eigenvalue weighted by Gasteiger charge is -2.21. The molecule has 0 bridgehead atoms. The molecular weight excluding hydrogens is 218 g/mol. The van der Waals surface area contributed by atoms with Crippen LogP contribution in [0.3, 0.4) is 0 Å². The van der Waals surface area contributed by atoms with Crippen LogP contribution in [0.4, 0.5) is 0 Å². The predicted octanol–water partition coefficient (Wildman–Crippen LogP) is 1.97. The van der Waals surface area contributed by atoms with Gasteiger partial charge in [-0.15, -0.1) is 13.2 Å². The maximum Gasteiger partial charge on any atom is 0.400 e. The van der Waals surface area contributed by atoms with Gasteiger partial charge in [0.2, 0.25) is 0 Å². The van der Waals surface area contributed by atoms with Crippen molar-refractivity contribution in [1.29, 1.82) is 0 Å². The maximum absolute atomic E-state index is 11.2. The molecule has 0 heterocycles. The van der Waals surface area contributed by atoms with Crippen molar-refractivity contribution in [2.75, 3.05) is 6.61 Å². The summed E-state index contributed by atoms with van der Waals surface area (Å²) in [6.07, 6.45) is 3.34. The molecule has 0 saturated carbocycles. The van der Waals surface area contributed by atoms with E-state index >= 15 is 0 Å². The minimum absolute atomic E-state index is 0. The summed E-state index contributed by atoms with van der Waals surface area (Å²) in [5.41, 5.74) is -0.832. The molecule has 0 unspecified atom stereocenters. The Morgan fingerprint density at radius 2 is 1.80 bits per heavy atom. The molecule has 6 heteroatoms. The zero-order chi connectivity index (χ0) is 11.2. The SMILES string of the molecule is C=CCOS(=O)(=O)OC(C)(C)CC=C.N. The Labute approximate surface area is 91.7 Å². The Bertz CT molecular complexity index is 295. The van der Waals surface area contributed by atoms with Gasteiger partial charge in [-0.05, 0) is 20.3 Å². The third-order valence-corrected chi connectivity index (χ3v) is 2.37. The number of rotatable bonds is 7. The summed E-state index contributed by atoms with van der Waals surface area (Å²) in [5.74, 6) is 0. The largest absolute Gasteiger partial charge is 0.400 e. The molecule has 0 spiro atoms. The molecule has 0 amide bonds. The Morgan fingerprint density at radius 1 is 1.27 bits per heavy atom. The second-order valence-corrected chi connectivity index (χ2v) is 4.54. The van der Waals surface area contributed by atoms with E-state index in [1.54, 1.807) is 19.9 Å². The van der Waals surface area contributed by atoms with Gasteiger partial charge < -0.3 is 6.15 Å². The fraction of sp³-hybridized carbons (Fsp3) is 0.556. The first kappa shape index (κ1) is 16.7. The van der Waals surface area contributed by atoms with E-state index in [0.29, 0.717) is 6.42 Å². The van der Waals surface area contributed by atoms with E-state index in [1.165, 1.54) is 6.08 Å². The molecular formula is C9H19NO4S. The average Bonchev–Trinajstić information content (AvgIpc) is 1.98. The Morgan fingerprint density at radius 3 is 2.20 bits per heavy atom. The predicted molar refractivity (Wildman–Crippen MR) is 60.1 cm³/mol. The topological polar surface area (TPSA) is 87.6 Å². The Hall–Kier alpha value is -0.690. The quantitative estimate of drug-likeness (QED) is 0.684. The van der Waals surface area contributed by atoms with Crippen molar-refractivity contribution in [3.63, 3.8) is 0 Å². The van der Waals surface area contributed by atoms with E-state index in [-0.39, 0.29) is 12.8 Å². The number of hydrogen-bond donors (Lipinski definition) is 1. The van der Waals surface area contributed by atoms with Crippen LogP contribution < -0.4 is 6.15 Å². The zero-order valence-electron chi connectivity index (χ0n) is 9.23. The molecule has 0 aromatic rings. The Kier molecular flexibility index (Phi) is 7.51. The standard InChI is InChI=1S/C9H16O4S.H3N/c1-5-7-9(3,4)13-14(10,11)12-8-6-2;/h5-6H,1-2,7-8H2,3-4H3;1H3. The van der Waals surface area contributed by atoms with Crippen molar-refractivity contribution in [2.24, 2.45) is 0 Å². The van der Waals surface area contributed by atoms with Gasteiger partial charge in [0.05, 0.1) is 12.2 Å². The van der Waals surface area contributed by atoms with Crippen LogP contribution in [0.25, 0.3) is 0 Å². The van der Waals surface area contributed by atoms with Crippen LogP contribution in [0.2, 0.25) is 0 Å². The highest BCUT2D eigenvalue weighted by atomic mass is 32.3. The molecule has 0 radical (unpaired) electrons. The molecule has 5 nitrogen and oxygen atoms in total. The average molecular weight is 237 g/mol. The van der Waals surface area contributed by atoms with Crippen LogP contribution in [0.5, 0.6) is 0 Å². The number of hydrogen-bond acceptors (Lipinski definition) is 5. The smallest absolute Gasteiger partial charge is 0.344 e. The second-order valence-electron chi connectivity index (χ2n) is 3.32. The molecule has 0 aliphatic heterocycles. The molecule has 15 heavy (non-hydrogen) atoms. The molecule has 0 saturated heterocycles. The van der Waals surface area contributed by atoms with Gasteiger partial charge in [0.1, 0.15) is 0 Å². The van der Waals surface area contributed by atoms with Crippen molar-refractivity contribution < 1.29 is 16.8 Å². The van der Waals surface area contributed by atoms with Crippen molar-refractivity contribution in [1.82, 2.24) is 6.15 Å². The third kappa shape index (κ3) is 8.31. The van der Waals surface area contributed by atoms with Crippen molar-refractivity contribution in [2.45, 2.75) is 25.9 Å². The maximum atomic E-state index is 11.2. The molecule has 3 N–H and O–H groups in total. The van der Waals surface area contributed by atoms with Gasteiger partial charge in [-0.1, -0.05) is 12.2 Å². The van der Waals surface area contributed by atoms with Gasteiger partial charge in [0.25, 0.3) is 0 Å². The first-order valence-electron chi connectivity index (χ1n) is 4.15. The summed E-state index contributed by atoms with van der Waals surface area (Å²) in [7, 11) is -3.94. The molecule has 0 aromatic carbocycles. The highest BCUT2D eigenvalue weighted by Gasteiger charge is 2.25. The normalized spacial score (nSPS) is 11.6. The van der Waals surface area contributed by atoms with Gasteiger partial charge in [0, 0.05) is 0 Å². The van der Waals surface area contributed by atoms with Crippen LogP contribution in [0, 0.1) is 0 Å². The minimum Gasteiger partial charge on any atom is -0.344 e. The van der Waals surface area contributed by atoms with Crippen molar-refractivity contribution >= 4 is 10.4 Å². The summed E-state index contributed by atoms with van der Waals surface area (Å²) in [6, 6.07) is 0. The van der Waals surface area contributed by atoms with E-state index < -0.39 is 16.0 Å². The van der Waals surface area contributed by atoms with Crippen LogP contribution >= 0.6 is 0 Å². The van der Waals surface area contributed by atoms with Crippen LogP contribution in [0.1, 0.15) is 20.3 Å². The Balaban J connectivity index is 0. The van der Waals surface area contributed by atoms with Crippen LogP contribution in [-0.2, 0) is 18.8 Å². The molecule has 0 atom stereocenters. The van der Waals surface area contributed by atoms with Gasteiger partial charge in [-0.2, -0.15) is 8.42 Å². The summed E-state index contributed by atoms with van der Waals surface area (Å²) in [5, 5.41) is 0. The molecule has 0 aliphatic rings. The van der Waals surface area contributed by atoms with E-state index in [0.717, 1.165) is 0 Å². The lowest BCUT2D eigenvalue weighted by molar-refractivity contribution is 0.0928. The van der Waals surface area contributed by atoms with Crippen molar-refractivity contribution in [3.05, 3.63) is 25.3 Å². The van der Waals surface area contributed by atoms with E-state index in [2.05, 4.69) is 17.3 Å². The highest BCUT2D eigenvalue weighted by molar-refractivity contribution is 7.81. The van der Waals surface area contributed by atoms with Crippen molar-refractivity contribution in [3.8, 4) is 0 Å². The van der Waals surface area contributed by atoms with Crippen LogP contribution in [-0.4, -0.2) is 20.6 Å². The van der Waals surface area contributed by atoms with Gasteiger partial charge >= 0.3 is 10.4 Å². The van der Waals surface area contributed by atoms with Crippen LogP contribution in [0.15, 0.2) is 25.3 Å². The monoisotopic (exact) mass is 237 g/mol. The van der Waals surface area contributed by atoms with E-state index in [1.807, 2.05) is 0 Å². The van der Waals surface area contributed by atoms with Gasteiger partial charge in [0.15, 0.2) is 0 Å². The highest BCUT2D eigenvalue weighted by Crippen LogP contribution is 2.18. The molecule has 0 fully saturated rings. The minimum atomic E-state index is -3.94. The van der Waals surface area contributed by atoms with E-state index in [4.69, 9.17) is 4.18 Å². The first-order valence-corrected chi connectivity index (χ1v) is 5.48. The zero-order valence-corrected chi connectivity index (χ0v) is 10.0. The summed E-state index contributed by atoms with van der Waals surface area (Å²) in [4.78, 5) is 0. The fourth-order valence-electron chi connectivity index (χ4n) is 0.813. The molecule has 0 aromatic heterocycles. The summed E-state index contributed by atoms with van der Waals surface area (Å²) >= 11 is 0. The van der Waals surface area contributed by atoms with E-state index in [9.17, 15) is 8.42 Å². The molecule has 0 aliphatic carbocycles. The summed E-state index contributed by atoms with van der Waals surface area (Å²) < 4.78 is 31.6. The fourth-order valence-corrected chi connectivity index (χ4v) is 1.75. The second kappa shape index (κ2) is 6.73. The molecule has 90 valence electrons. The van der Waals surface area contributed by atoms with Gasteiger partial charge in [-0.3, -0.25) is 0 Å². The third-order valence-electron chi connectivity index (χ3n) is 1.29. The lowest BCUT2D eigenvalue weighted by atomic mass is 10.1.